The molecule has 0 aromatic rings. The minimum Gasteiger partial charge on any atom is -0.299 e. The molecule has 1 spiro atoms. The third kappa shape index (κ3) is 1.83. The Labute approximate surface area is 92.4 Å². The summed E-state index contributed by atoms with van der Waals surface area (Å²) in [6.07, 6.45) is 4.11. The monoisotopic (exact) mass is 213 g/mol. The number of rotatable bonds is 0. The summed E-state index contributed by atoms with van der Waals surface area (Å²) in [4.78, 5) is 0.426. The first-order valence-electron chi connectivity index (χ1n) is 5.85. The molecule has 1 saturated carbocycles. The summed E-state index contributed by atoms with van der Waals surface area (Å²) in [7, 11) is 0. The zero-order valence-corrected chi connectivity index (χ0v) is 10.7. The second-order valence-corrected chi connectivity index (χ2v) is 7.37. The van der Waals surface area contributed by atoms with Crippen LogP contribution >= 0.6 is 11.8 Å². The molecule has 14 heavy (non-hydrogen) atoms. The van der Waals surface area contributed by atoms with E-state index in [1.807, 2.05) is 0 Å². The van der Waals surface area contributed by atoms with Gasteiger partial charge in [0.1, 0.15) is 0 Å². The zero-order chi connectivity index (χ0) is 10.4. The van der Waals surface area contributed by atoms with E-state index < -0.39 is 0 Å². The number of nitrogens with one attached hydrogen (secondary N) is 1. The molecule has 1 nitrogen and oxygen atoms in total. The molecular weight excluding hydrogens is 190 g/mol. The van der Waals surface area contributed by atoms with Crippen molar-refractivity contribution >= 4 is 11.8 Å². The molecule has 0 bridgehead atoms. The van der Waals surface area contributed by atoms with E-state index in [4.69, 9.17) is 0 Å². The summed E-state index contributed by atoms with van der Waals surface area (Å²) in [6.45, 7) is 9.58. The lowest BCUT2D eigenvalue weighted by atomic mass is 9.70. The highest BCUT2D eigenvalue weighted by Gasteiger charge is 2.47. The van der Waals surface area contributed by atoms with Gasteiger partial charge < -0.3 is 0 Å². The first-order valence-corrected chi connectivity index (χ1v) is 6.84. The van der Waals surface area contributed by atoms with Gasteiger partial charge in [-0.05, 0) is 37.5 Å². The molecule has 82 valence electrons. The summed E-state index contributed by atoms with van der Waals surface area (Å²) < 4.78 is 0. The highest BCUT2D eigenvalue weighted by molar-refractivity contribution is 8.00. The quantitative estimate of drug-likeness (QED) is 0.663. The van der Waals surface area contributed by atoms with Crippen molar-refractivity contribution in [1.29, 1.82) is 0 Å². The molecule has 1 saturated heterocycles. The maximum Gasteiger partial charge on any atom is 0.0674 e. The lowest BCUT2D eigenvalue weighted by Crippen LogP contribution is -2.50. The van der Waals surface area contributed by atoms with Gasteiger partial charge in [-0.1, -0.05) is 20.8 Å². The normalized spacial score (nSPS) is 47.1. The van der Waals surface area contributed by atoms with Crippen LogP contribution in [-0.2, 0) is 0 Å². The van der Waals surface area contributed by atoms with Crippen LogP contribution in [0.15, 0.2) is 0 Å². The van der Waals surface area contributed by atoms with E-state index in [0.29, 0.717) is 16.3 Å². The molecule has 3 unspecified atom stereocenters. The lowest BCUT2D eigenvalue weighted by molar-refractivity contribution is 0.131. The molecule has 0 aromatic carbocycles. The summed E-state index contributed by atoms with van der Waals surface area (Å²) in [5.74, 6) is 2.12. The fourth-order valence-electron chi connectivity index (χ4n) is 3.07. The van der Waals surface area contributed by atoms with Gasteiger partial charge in [0, 0.05) is 11.8 Å². The second kappa shape index (κ2) is 3.41. The van der Waals surface area contributed by atoms with Crippen molar-refractivity contribution < 1.29 is 0 Å². The molecule has 0 amide bonds. The molecule has 2 fully saturated rings. The summed E-state index contributed by atoms with van der Waals surface area (Å²) in [5.41, 5.74) is 0.568. The van der Waals surface area contributed by atoms with Gasteiger partial charge in [-0.3, -0.25) is 5.32 Å². The summed E-state index contributed by atoms with van der Waals surface area (Å²) >= 11 is 2.17. The fourth-order valence-corrected chi connectivity index (χ4v) is 4.60. The zero-order valence-electron chi connectivity index (χ0n) is 9.89. The average Bonchev–Trinajstić information content (AvgIpc) is 2.43. The van der Waals surface area contributed by atoms with E-state index >= 15 is 0 Å². The van der Waals surface area contributed by atoms with Crippen molar-refractivity contribution in [3.63, 3.8) is 0 Å². The van der Waals surface area contributed by atoms with E-state index in [2.05, 4.69) is 44.8 Å². The second-order valence-electron chi connectivity index (χ2n) is 6.02. The van der Waals surface area contributed by atoms with Crippen LogP contribution in [0.2, 0.25) is 0 Å². The van der Waals surface area contributed by atoms with Crippen molar-refractivity contribution in [3.8, 4) is 0 Å². The smallest absolute Gasteiger partial charge is 0.0674 e. The Hall–Kier alpha value is 0.310. The van der Waals surface area contributed by atoms with Crippen molar-refractivity contribution in [1.82, 2.24) is 5.32 Å². The molecule has 3 atom stereocenters. The predicted octanol–water partition coefficient (Wildman–Crippen LogP) is 3.25. The standard InChI is InChI=1S/C12H23NS/c1-9-7-11(3,4)5-6-12(9)13-10(2)8-14-12/h9-10,13H,5-8H2,1-4H3. The van der Waals surface area contributed by atoms with E-state index in [9.17, 15) is 0 Å². The average molecular weight is 213 g/mol. The highest BCUT2D eigenvalue weighted by atomic mass is 32.2. The maximum atomic E-state index is 3.82. The van der Waals surface area contributed by atoms with Crippen LogP contribution in [0.3, 0.4) is 0 Å². The minimum atomic E-state index is 0.426. The highest BCUT2D eigenvalue weighted by Crippen LogP contribution is 2.51. The number of hydrogen-bond donors (Lipinski definition) is 1. The Morgan fingerprint density at radius 1 is 1.21 bits per heavy atom. The minimum absolute atomic E-state index is 0.426. The molecule has 1 N–H and O–H groups in total. The third-order valence-electron chi connectivity index (χ3n) is 3.91. The lowest BCUT2D eigenvalue weighted by Gasteiger charge is -2.46. The van der Waals surface area contributed by atoms with Crippen LogP contribution in [0.5, 0.6) is 0 Å². The van der Waals surface area contributed by atoms with Crippen LogP contribution in [0.1, 0.15) is 47.0 Å². The molecule has 2 aliphatic rings. The van der Waals surface area contributed by atoms with Crippen LogP contribution in [0.4, 0.5) is 0 Å². The first-order chi connectivity index (χ1) is 6.44. The Bertz CT molecular complexity index is 226. The molecule has 1 heterocycles. The predicted molar refractivity (Wildman–Crippen MR) is 64.6 cm³/mol. The van der Waals surface area contributed by atoms with E-state index in [1.165, 1.54) is 25.0 Å². The SMILES string of the molecule is CC1CSC2(CCC(C)(C)CC2C)N1. The van der Waals surface area contributed by atoms with Gasteiger partial charge in [0.15, 0.2) is 0 Å². The Balaban J connectivity index is 2.09. The largest absolute Gasteiger partial charge is 0.299 e. The van der Waals surface area contributed by atoms with Gasteiger partial charge in [-0.25, -0.2) is 0 Å². The first kappa shape index (κ1) is 10.8. The molecule has 2 heteroatoms. The number of thioether (sulfide) groups is 1. The summed E-state index contributed by atoms with van der Waals surface area (Å²) in [5, 5.41) is 3.82. The molecule has 2 rings (SSSR count). The Morgan fingerprint density at radius 2 is 1.93 bits per heavy atom. The van der Waals surface area contributed by atoms with Gasteiger partial charge in [-0.2, -0.15) is 0 Å². The number of hydrogen-bond acceptors (Lipinski definition) is 2. The molecule has 0 radical (unpaired) electrons. The molecule has 1 aliphatic heterocycles. The van der Waals surface area contributed by atoms with Crippen LogP contribution < -0.4 is 5.32 Å². The van der Waals surface area contributed by atoms with Crippen molar-refractivity contribution in [2.45, 2.75) is 57.9 Å². The molecule has 1 aliphatic carbocycles. The van der Waals surface area contributed by atoms with Crippen molar-refractivity contribution in [2.24, 2.45) is 11.3 Å². The topological polar surface area (TPSA) is 12.0 Å². The molecule has 0 aromatic heterocycles. The maximum absolute atomic E-state index is 3.82. The Morgan fingerprint density at radius 3 is 2.43 bits per heavy atom. The molecular formula is C12H23NS. The van der Waals surface area contributed by atoms with Gasteiger partial charge in [0.2, 0.25) is 0 Å². The van der Waals surface area contributed by atoms with Crippen LogP contribution in [-0.4, -0.2) is 16.7 Å². The fraction of sp³-hybridized carbons (Fsp3) is 1.00. The van der Waals surface area contributed by atoms with Crippen molar-refractivity contribution in [3.05, 3.63) is 0 Å². The van der Waals surface area contributed by atoms with E-state index in [-0.39, 0.29) is 0 Å². The van der Waals surface area contributed by atoms with E-state index in [0.717, 1.165) is 5.92 Å². The van der Waals surface area contributed by atoms with Crippen molar-refractivity contribution in [2.75, 3.05) is 5.75 Å². The van der Waals surface area contributed by atoms with Crippen LogP contribution in [0, 0.1) is 11.3 Å². The third-order valence-corrected chi connectivity index (χ3v) is 5.82. The van der Waals surface area contributed by atoms with Gasteiger partial charge in [-0.15, -0.1) is 11.8 Å². The van der Waals surface area contributed by atoms with Gasteiger partial charge >= 0.3 is 0 Å². The Kier molecular flexibility index (Phi) is 2.64. The van der Waals surface area contributed by atoms with Crippen LogP contribution in [0.25, 0.3) is 0 Å². The van der Waals surface area contributed by atoms with Gasteiger partial charge in [0.25, 0.3) is 0 Å². The summed E-state index contributed by atoms with van der Waals surface area (Å²) in [6, 6.07) is 0.712. The van der Waals surface area contributed by atoms with Gasteiger partial charge in [0.05, 0.1) is 4.87 Å². The van der Waals surface area contributed by atoms with E-state index in [1.54, 1.807) is 0 Å².